The third-order valence-corrected chi connectivity index (χ3v) is 4.57. The molecule has 2 N–H and O–H groups in total. The van der Waals surface area contributed by atoms with Crippen LogP contribution in [-0.4, -0.2) is 17.7 Å². The summed E-state index contributed by atoms with van der Waals surface area (Å²) in [5.74, 6) is 0.931. The van der Waals surface area contributed by atoms with Crippen LogP contribution >= 0.6 is 0 Å². The van der Waals surface area contributed by atoms with Gasteiger partial charge in [-0.1, -0.05) is 56.2 Å². The second-order valence-corrected chi connectivity index (χ2v) is 6.31. The lowest BCUT2D eigenvalue weighted by molar-refractivity contribution is 0.168. The highest BCUT2D eigenvalue weighted by Gasteiger charge is 2.24. The number of hydrogen-bond donors (Lipinski definition) is 2. The lowest BCUT2D eigenvalue weighted by Gasteiger charge is -2.20. The molecule has 0 aliphatic heterocycles. The van der Waals surface area contributed by atoms with E-state index in [0.717, 1.165) is 17.9 Å². The molecule has 0 bridgehead atoms. The van der Waals surface area contributed by atoms with Gasteiger partial charge in [0.1, 0.15) is 0 Å². The highest BCUT2D eigenvalue weighted by atomic mass is 16.3. The van der Waals surface area contributed by atoms with E-state index in [-0.39, 0.29) is 0 Å². The Morgan fingerprint density at radius 1 is 1.14 bits per heavy atom. The molecule has 2 nitrogen and oxygen atoms in total. The molecule has 1 saturated carbocycles. The molecule has 0 saturated heterocycles. The Morgan fingerprint density at radius 2 is 1.90 bits per heavy atom. The van der Waals surface area contributed by atoms with Crippen LogP contribution in [0.25, 0.3) is 10.8 Å². The SMILES string of the molecule is CCC(CC1CC1)NCC(O)c1ccc2ccccc2c1. The first-order chi connectivity index (χ1) is 10.3. The zero-order chi connectivity index (χ0) is 14.7. The molecule has 2 heteroatoms. The molecule has 0 amide bonds. The van der Waals surface area contributed by atoms with Gasteiger partial charge >= 0.3 is 0 Å². The second-order valence-electron chi connectivity index (χ2n) is 6.31. The fourth-order valence-corrected chi connectivity index (χ4v) is 2.96. The van der Waals surface area contributed by atoms with Gasteiger partial charge in [-0.2, -0.15) is 0 Å². The minimum absolute atomic E-state index is 0.428. The smallest absolute Gasteiger partial charge is 0.0914 e. The van der Waals surface area contributed by atoms with E-state index in [9.17, 15) is 5.11 Å². The average Bonchev–Trinajstić information content (AvgIpc) is 3.34. The van der Waals surface area contributed by atoms with Crippen LogP contribution in [0.2, 0.25) is 0 Å². The number of aliphatic hydroxyl groups is 1. The van der Waals surface area contributed by atoms with Gasteiger partial charge in [0.15, 0.2) is 0 Å². The summed E-state index contributed by atoms with van der Waals surface area (Å²) < 4.78 is 0. The summed E-state index contributed by atoms with van der Waals surface area (Å²) in [6.45, 7) is 2.87. The second kappa shape index (κ2) is 6.59. The summed E-state index contributed by atoms with van der Waals surface area (Å²) in [6.07, 6.45) is 4.77. The van der Waals surface area contributed by atoms with Crippen molar-refractivity contribution in [1.29, 1.82) is 0 Å². The van der Waals surface area contributed by atoms with Crippen molar-refractivity contribution in [2.75, 3.05) is 6.54 Å². The van der Waals surface area contributed by atoms with Crippen molar-refractivity contribution in [2.45, 2.75) is 44.8 Å². The summed E-state index contributed by atoms with van der Waals surface area (Å²) in [6, 6.07) is 15.1. The Morgan fingerprint density at radius 3 is 2.62 bits per heavy atom. The molecule has 112 valence electrons. The molecule has 1 aliphatic carbocycles. The molecular weight excluding hydrogens is 258 g/mol. The van der Waals surface area contributed by atoms with Gasteiger partial charge < -0.3 is 10.4 Å². The van der Waals surface area contributed by atoms with Crippen molar-refractivity contribution in [2.24, 2.45) is 5.92 Å². The zero-order valence-electron chi connectivity index (χ0n) is 12.8. The van der Waals surface area contributed by atoms with E-state index in [1.807, 2.05) is 18.2 Å². The van der Waals surface area contributed by atoms with Crippen LogP contribution in [0.15, 0.2) is 42.5 Å². The number of hydrogen-bond acceptors (Lipinski definition) is 2. The lowest BCUT2D eigenvalue weighted by Crippen LogP contribution is -2.32. The van der Waals surface area contributed by atoms with Crippen molar-refractivity contribution >= 4 is 10.8 Å². The van der Waals surface area contributed by atoms with E-state index < -0.39 is 6.10 Å². The van der Waals surface area contributed by atoms with Gasteiger partial charge in [0.25, 0.3) is 0 Å². The van der Waals surface area contributed by atoms with Gasteiger partial charge in [-0.05, 0) is 41.2 Å². The first-order valence-corrected chi connectivity index (χ1v) is 8.16. The van der Waals surface area contributed by atoms with Gasteiger partial charge in [0.05, 0.1) is 6.10 Å². The predicted molar refractivity (Wildman–Crippen MR) is 88.3 cm³/mol. The minimum Gasteiger partial charge on any atom is -0.387 e. The number of aliphatic hydroxyl groups excluding tert-OH is 1. The molecule has 0 radical (unpaired) electrons. The topological polar surface area (TPSA) is 32.3 Å². The third kappa shape index (κ3) is 3.84. The summed E-state index contributed by atoms with van der Waals surface area (Å²) in [5.41, 5.74) is 1.00. The van der Waals surface area contributed by atoms with Gasteiger partial charge in [-0.15, -0.1) is 0 Å². The Bertz CT molecular complexity index is 591. The molecule has 3 rings (SSSR count). The van der Waals surface area contributed by atoms with Gasteiger partial charge in [0.2, 0.25) is 0 Å². The van der Waals surface area contributed by atoms with E-state index in [1.165, 1.54) is 30.0 Å². The molecule has 2 unspecified atom stereocenters. The quantitative estimate of drug-likeness (QED) is 0.803. The number of nitrogens with one attached hydrogen (secondary N) is 1. The monoisotopic (exact) mass is 283 g/mol. The zero-order valence-corrected chi connectivity index (χ0v) is 12.8. The van der Waals surface area contributed by atoms with E-state index in [1.54, 1.807) is 0 Å². The van der Waals surface area contributed by atoms with Crippen LogP contribution in [0.3, 0.4) is 0 Å². The summed E-state index contributed by atoms with van der Waals surface area (Å²) >= 11 is 0. The summed E-state index contributed by atoms with van der Waals surface area (Å²) in [5, 5.41) is 16.4. The maximum atomic E-state index is 10.4. The molecule has 0 spiro atoms. The van der Waals surface area contributed by atoms with Crippen molar-refractivity contribution in [3.63, 3.8) is 0 Å². The van der Waals surface area contributed by atoms with E-state index >= 15 is 0 Å². The van der Waals surface area contributed by atoms with E-state index in [4.69, 9.17) is 0 Å². The molecule has 0 aromatic heterocycles. The molecule has 0 heterocycles. The largest absolute Gasteiger partial charge is 0.387 e. The standard InChI is InChI=1S/C19H25NO/c1-2-18(11-14-7-8-14)20-13-19(21)17-10-9-15-5-3-4-6-16(15)12-17/h3-6,9-10,12,14,18-21H,2,7-8,11,13H2,1H3. The maximum absolute atomic E-state index is 10.4. The Hall–Kier alpha value is -1.38. The van der Waals surface area contributed by atoms with Crippen LogP contribution in [-0.2, 0) is 0 Å². The molecular formula is C19H25NO. The molecule has 21 heavy (non-hydrogen) atoms. The Labute approximate surface area is 127 Å². The highest BCUT2D eigenvalue weighted by Crippen LogP contribution is 2.34. The molecule has 1 fully saturated rings. The minimum atomic E-state index is -0.428. The van der Waals surface area contributed by atoms with Gasteiger partial charge in [-0.3, -0.25) is 0 Å². The first kappa shape index (κ1) is 14.6. The lowest BCUT2D eigenvalue weighted by atomic mass is 10.0. The van der Waals surface area contributed by atoms with Crippen LogP contribution < -0.4 is 5.32 Å². The van der Waals surface area contributed by atoms with Crippen molar-refractivity contribution in [1.82, 2.24) is 5.32 Å². The van der Waals surface area contributed by atoms with Gasteiger partial charge in [0, 0.05) is 12.6 Å². The van der Waals surface area contributed by atoms with Crippen molar-refractivity contribution in [3.05, 3.63) is 48.0 Å². The van der Waals surface area contributed by atoms with Crippen LogP contribution in [0.1, 0.15) is 44.3 Å². The first-order valence-electron chi connectivity index (χ1n) is 8.16. The molecule has 1 aliphatic rings. The van der Waals surface area contributed by atoms with Gasteiger partial charge in [-0.25, -0.2) is 0 Å². The average molecular weight is 283 g/mol. The predicted octanol–water partition coefficient (Wildman–Crippen LogP) is 4.04. The molecule has 2 atom stereocenters. The molecule has 2 aromatic rings. The number of rotatable bonds is 7. The fourth-order valence-electron chi connectivity index (χ4n) is 2.96. The van der Waals surface area contributed by atoms with Crippen molar-refractivity contribution in [3.8, 4) is 0 Å². The number of fused-ring (bicyclic) bond motifs is 1. The summed E-state index contributed by atoms with van der Waals surface area (Å²) in [7, 11) is 0. The third-order valence-electron chi connectivity index (χ3n) is 4.57. The van der Waals surface area contributed by atoms with Crippen LogP contribution in [0, 0.1) is 5.92 Å². The fraction of sp³-hybridized carbons (Fsp3) is 0.474. The van der Waals surface area contributed by atoms with E-state index in [0.29, 0.717) is 12.6 Å². The van der Waals surface area contributed by atoms with Crippen LogP contribution in [0.5, 0.6) is 0 Å². The molecule has 2 aromatic carbocycles. The van der Waals surface area contributed by atoms with Crippen LogP contribution in [0.4, 0.5) is 0 Å². The maximum Gasteiger partial charge on any atom is 0.0914 e. The Balaban J connectivity index is 1.61. The normalized spacial score (nSPS) is 17.8. The summed E-state index contributed by atoms with van der Waals surface area (Å²) in [4.78, 5) is 0. The van der Waals surface area contributed by atoms with Crippen molar-refractivity contribution < 1.29 is 5.11 Å². The number of benzene rings is 2. The highest BCUT2D eigenvalue weighted by molar-refractivity contribution is 5.83. The van der Waals surface area contributed by atoms with E-state index in [2.05, 4.69) is 36.5 Å². The Kier molecular flexibility index (Phi) is 4.57.